The first-order valence-electron chi connectivity index (χ1n) is 10.2. The quantitative estimate of drug-likeness (QED) is 0.420. The zero-order valence-electron chi connectivity index (χ0n) is 17.6. The lowest BCUT2D eigenvalue weighted by Crippen LogP contribution is -2.04. The zero-order valence-corrected chi connectivity index (χ0v) is 17.6. The van der Waals surface area contributed by atoms with Gasteiger partial charge in [-0.3, -0.25) is 0 Å². The third-order valence-electron chi connectivity index (χ3n) is 5.23. The molecule has 0 spiro atoms. The average Bonchev–Trinajstić information content (AvgIpc) is 3.37. The fourth-order valence-electron chi connectivity index (χ4n) is 3.76. The molecule has 2 N–H and O–H groups in total. The maximum absolute atomic E-state index is 13.3. The molecule has 1 aliphatic rings. The van der Waals surface area contributed by atoms with Crippen LogP contribution < -0.4 is 0 Å². The number of halogens is 3. The summed E-state index contributed by atoms with van der Waals surface area (Å²) in [4.78, 5) is 11.2. The number of hydrogen-bond donors (Lipinski definition) is 2. The van der Waals surface area contributed by atoms with Crippen molar-refractivity contribution in [3.63, 3.8) is 0 Å². The van der Waals surface area contributed by atoms with Crippen LogP contribution in [0.4, 0.5) is 13.2 Å². The van der Waals surface area contributed by atoms with E-state index in [1.54, 1.807) is 25.3 Å². The highest BCUT2D eigenvalue weighted by Crippen LogP contribution is 2.37. The van der Waals surface area contributed by atoms with Gasteiger partial charge in [0.1, 0.15) is 13.7 Å². The average molecular weight is 431 g/mol. The normalized spacial score (nSPS) is 14.5. The third-order valence-corrected chi connectivity index (χ3v) is 5.23. The van der Waals surface area contributed by atoms with Gasteiger partial charge in [0.25, 0.3) is 0 Å². The number of aromatic nitrogens is 3. The van der Waals surface area contributed by atoms with Gasteiger partial charge in [0, 0.05) is 28.6 Å². The lowest BCUT2D eigenvalue weighted by Gasteiger charge is -2.10. The number of allylic oxidation sites excluding steroid dienone is 5. The molecule has 0 amide bonds. The van der Waals surface area contributed by atoms with Crippen molar-refractivity contribution < 1.29 is 13.2 Å². The standard InChI is InChI=1S/C25H21BF3N3/c1-3-21-19(12-15(2)26)20(14-30-21)24-31-22(16-8-5-4-6-9-16)23(32-24)17-10-7-11-18(13-17)25(27,28)29/h3,5,7-14,30H,1,4,6H2,2H3,(H,31,32)/b15-12+. The van der Waals surface area contributed by atoms with E-state index in [1.807, 2.05) is 18.2 Å². The van der Waals surface area contributed by atoms with Crippen molar-refractivity contribution in [3.05, 3.63) is 83.3 Å². The van der Waals surface area contributed by atoms with Crippen LogP contribution in [0.3, 0.4) is 0 Å². The molecular weight excluding hydrogens is 410 g/mol. The van der Waals surface area contributed by atoms with E-state index in [4.69, 9.17) is 12.8 Å². The Bertz CT molecular complexity index is 1250. The van der Waals surface area contributed by atoms with Gasteiger partial charge in [0.15, 0.2) is 0 Å². The summed E-state index contributed by atoms with van der Waals surface area (Å²) in [6, 6.07) is 5.24. The molecule has 0 bridgehead atoms. The fraction of sp³-hybridized carbons (Fsp3) is 0.160. The first-order chi connectivity index (χ1) is 15.3. The summed E-state index contributed by atoms with van der Waals surface area (Å²) in [5.41, 5.74) is 4.67. The minimum absolute atomic E-state index is 0.392. The number of benzene rings is 1. The number of hydrogen-bond acceptors (Lipinski definition) is 1. The second kappa shape index (κ2) is 8.57. The van der Waals surface area contributed by atoms with Gasteiger partial charge in [-0.05, 0) is 36.6 Å². The van der Waals surface area contributed by atoms with Gasteiger partial charge in [0.2, 0.25) is 0 Å². The Hall–Kier alpha value is -3.48. The Balaban J connectivity index is 1.92. The fourth-order valence-corrected chi connectivity index (χ4v) is 3.76. The van der Waals surface area contributed by atoms with Crippen molar-refractivity contribution in [3.8, 4) is 22.6 Å². The molecule has 7 heteroatoms. The van der Waals surface area contributed by atoms with E-state index in [1.165, 1.54) is 6.07 Å². The van der Waals surface area contributed by atoms with Crippen molar-refractivity contribution >= 4 is 25.6 Å². The number of rotatable bonds is 5. The maximum Gasteiger partial charge on any atom is 0.416 e. The van der Waals surface area contributed by atoms with Gasteiger partial charge in [-0.15, -0.1) is 5.47 Å². The van der Waals surface area contributed by atoms with Crippen LogP contribution in [0.25, 0.3) is 40.4 Å². The third kappa shape index (κ3) is 4.28. The Morgan fingerprint density at radius 3 is 2.72 bits per heavy atom. The molecule has 160 valence electrons. The zero-order chi connectivity index (χ0) is 22.9. The molecule has 0 saturated carbocycles. The van der Waals surface area contributed by atoms with Crippen LogP contribution in [-0.2, 0) is 6.18 Å². The van der Waals surface area contributed by atoms with Crippen LogP contribution >= 0.6 is 0 Å². The van der Waals surface area contributed by atoms with E-state index in [0.717, 1.165) is 47.4 Å². The van der Waals surface area contributed by atoms with E-state index in [-0.39, 0.29) is 0 Å². The number of alkyl halides is 3. The lowest BCUT2D eigenvalue weighted by molar-refractivity contribution is -0.137. The molecule has 0 atom stereocenters. The number of nitrogens with zero attached hydrogens (tertiary/aromatic N) is 1. The monoisotopic (exact) mass is 431 g/mol. The predicted octanol–water partition coefficient (Wildman–Crippen LogP) is 7.00. The molecule has 0 aliphatic heterocycles. The molecule has 1 aromatic carbocycles. The summed E-state index contributed by atoms with van der Waals surface area (Å²) >= 11 is 0. The van der Waals surface area contributed by atoms with Gasteiger partial charge in [0.05, 0.1) is 17.0 Å². The summed E-state index contributed by atoms with van der Waals surface area (Å²) in [6.07, 6.45) is 8.70. The van der Waals surface area contributed by atoms with Gasteiger partial charge in [-0.25, -0.2) is 4.98 Å². The SMILES string of the molecule is [B]/C(C)=C/c1c(-c2nc(-c3cccc(C(F)(F)F)c3)c(C3=CCCC=C3)[nH]2)c[nH]c1C=C. The number of H-pyrrole nitrogens is 2. The second-order valence-electron chi connectivity index (χ2n) is 7.65. The Morgan fingerprint density at radius 2 is 2.06 bits per heavy atom. The maximum atomic E-state index is 13.3. The predicted molar refractivity (Wildman–Crippen MR) is 125 cm³/mol. The molecule has 2 heterocycles. The largest absolute Gasteiger partial charge is 0.416 e. The topological polar surface area (TPSA) is 44.5 Å². The van der Waals surface area contributed by atoms with E-state index in [2.05, 4.69) is 22.6 Å². The van der Waals surface area contributed by atoms with Crippen LogP contribution in [0.5, 0.6) is 0 Å². The van der Waals surface area contributed by atoms with E-state index >= 15 is 0 Å². The Labute approximate surface area is 185 Å². The first kappa shape index (κ1) is 21.7. The van der Waals surface area contributed by atoms with Crippen LogP contribution in [0.15, 0.2) is 60.7 Å². The van der Waals surface area contributed by atoms with Crippen LogP contribution in [0.2, 0.25) is 0 Å². The highest BCUT2D eigenvalue weighted by molar-refractivity contribution is 6.23. The summed E-state index contributed by atoms with van der Waals surface area (Å²) in [7, 11) is 5.91. The number of aromatic amines is 2. The highest BCUT2D eigenvalue weighted by atomic mass is 19.4. The summed E-state index contributed by atoms with van der Waals surface area (Å²) in [5, 5.41) is 0. The van der Waals surface area contributed by atoms with Gasteiger partial charge >= 0.3 is 6.18 Å². The van der Waals surface area contributed by atoms with Crippen molar-refractivity contribution in [2.24, 2.45) is 0 Å². The molecule has 4 rings (SSSR count). The minimum Gasteiger partial charge on any atom is -0.360 e. The number of nitrogens with one attached hydrogen (secondary N) is 2. The molecule has 1 aliphatic carbocycles. The van der Waals surface area contributed by atoms with Crippen molar-refractivity contribution in [2.45, 2.75) is 25.9 Å². The van der Waals surface area contributed by atoms with E-state index in [0.29, 0.717) is 28.2 Å². The summed E-state index contributed by atoms with van der Waals surface area (Å²) in [6.45, 7) is 5.61. The van der Waals surface area contributed by atoms with E-state index < -0.39 is 11.7 Å². The second-order valence-corrected chi connectivity index (χ2v) is 7.65. The van der Waals surface area contributed by atoms with Crippen molar-refractivity contribution in [1.82, 2.24) is 15.0 Å². The number of imidazole rings is 1. The molecule has 32 heavy (non-hydrogen) atoms. The smallest absolute Gasteiger partial charge is 0.360 e. The highest BCUT2D eigenvalue weighted by Gasteiger charge is 2.31. The van der Waals surface area contributed by atoms with Crippen LogP contribution in [0, 0.1) is 0 Å². The van der Waals surface area contributed by atoms with Gasteiger partial charge < -0.3 is 9.97 Å². The Kier molecular flexibility index (Phi) is 5.83. The van der Waals surface area contributed by atoms with E-state index in [9.17, 15) is 13.2 Å². The molecule has 2 radical (unpaired) electrons. The summed E-state index contributed by atoms with van der Waals surface area (Å²) < 4.78 is 40.0. The minimum atomic E-state index is -4.44. The summed E-state index contributed by atoms with van der Waals surface area (Å²) in [5.74, 6) is 0.532. The molecule has 2 aromatic heterocycles. The molecule has 0 unspecified atom stereocenters. The molecule has 3 aromatic rings. The van der Waals surface area contributed by atoms with Gasteiger partial charge in [-0.2, -0.15) is 13.2 Å². The molecule has 0 saturated heterocycles. The van der Waals surface area contributed by atoms with Gasteiger partial charge in [-0.1, -0.05) is 49.9 Å². The van der Waals surface area contributed by atoms with Crippen molar-refractivity contribution in [1.29, 1.82) is 0 Å². The van der Waals surface area contributed by atoms with Crippen molar-refractivity contribution in [2.75, 3.05) is 0 Å². The lowest BCUT2D eigenvalue weighted by atomic mass is 9.94. The molecule has 0 fully saturated rings. The Morgan fingerprint density at radius 1 is 1.25 bits per heavy atom. The van der Waals surface area contributed by atoms with Crippen LogP contribution in [-0.4, -0.2) is 22.8 Å². The first-order valence-corrected chi connectivity index (χ1v) is 10.2. The molecule has 3 nitrogen and oxygen atoms in total. The molecular formula is C25H21BF3N3. The van der Waals surface area contributed by atoms with Crippen LogP contribution in [0.1, 0.15) is 42.3 Å².